The average molecular weight is 231 g/mol. The zero-order valence-corrected chi connectivity index (χ0v) is 11.0. The number of unbranched alkanes of at least 4 members (excludes halogenated alkanes) is 4. The van der Waals surface area contributed by atoms with Crippen LogP contribution in [0.5, 0.6) is 0 Å². The van der Waals surface area contributed by atoms with Gasteiger partial charge in [0.1, 0.15) is 6.29 Å². The van der Waals surface area contributed by atoms with Gasteiger partial charge in [-0.05, 0) is 6.42 Å². The third-order valence-electron chi connectivity index (χ3n) is 1.18. The van der Waals surface area contributed by atoms with Gasteiger partial charge in [0, 0.05) is 44.5 Å². The fourth-order valence-electron chi connectivity index (χ4n) is 0.654. The zero-order chi connectivity index (χ0) is 6.24. The normalized spacial score (nSPS) is 7.30. The maximum Gasteiger partial charge on any atom is 0.119 e. The second-order valence-electron chi connectivity index (χ2n) is 2.02. The van der Waals surface area contributed by atoms with Crippen LogP contribution in [0.15, 0.2) is 0 Å². The molecule has 0 fully saturated rings. The molecule has 0 amide bonds. The van der Waals surface area contributed by atoms with Crippen LogP contribution < -0.4 is 0 Å². The SMILES string of the molecule is CCCCCCC=O.[V].[Zn]. The summed E-state index contributed by atoms with van der Waals surface area (Å²) in [5.41, 5.74) is 0. The minimum atomic E-state index is 0. The molecule has 0 saturated heterocycles. The first-order valence-electron chi connectivity index (χ1n) is 3.35. The van der Waals surface area contributed by atoms with Crippen LogP contribution in [-0.4, -0.2) is 6.29 Å². The van der Waals surface area contributed by atoms with Gasteiger partial charge < -0.3 is 4.79 Å². The summed E-state index contributed by atoms with van der Waals surface area (Å²) in [7, 11) is 0. The van der Waals surface area contributed by atoms with Crippen molar-refractivity contribution in [1.82, 2.24) is 0 Å². The van der Waals surface area contributed by atoms with Gasteiger partial charge in [0.2, 0.25) is 0 Å². The maximum atomic E-state index is 9.77. The average Bonchev–Trinajstić information content (AvgIpc) is 1.81. The molecule has 0 aliphatic rings. The van der Waals surface area contributed by atoms with Crippen LogP contribution in [0.25, 0.3) is 0 Å². The molecule has 0 spiro atoms. The Balaban J connectivity index is -0.000000245. The Hall–Kier alpha value is 0.878. The first kappa shape index (κ1) is 17.1. The van der Waals surface area contributed by atoms with Gasteiger partial charge in [0.15, 0.2) is 0 Å². The van der Waals surface area contributed by atoms with Crippen LogP contribution in [0.3, 0.4) is 0 Å². The molecule has 0 aliphatic heterocycles. The molecule has 0 saturated carbocycles. The van der Waals surface area contributed by atoms with E-state index < -0.39 is 0 Å². The summed E-state index contributed by atoms with van der Waals surface area (Å²) in [6, 6.07) is 0. The third-order valence-corrected chi connectivity index (χ3v) is 1.18. The van der Waals surface area contributed by atoms with Gasteiger partial charge in [-0.3, -0.25) is 0 Å². The molecule has 0 rings (SSSR count). The molecule has 10 heavy (non-hydrogen) atoms. The van der Waals surface area contributed by atoms with Crippen LogP contribution in [-0.2, 0) is 42.8 Å². The summed E-state index contributed by atoms with van der Waals surface area (Å²) in [4.78, 5) is 9.77. The van der Waals surface area contributed by atoms with E-state index in [4.69, 9.17) is 0 Å². The van der Waals surface area contributed by atoms with Gasteiger partial charge in [-0.25, -0.2) is 0 Å². The first-order chi connectivity index (χ1) is 3.91. The monoisotopic (exact) mass is 229 g/mol. The van der Waals surface area contributed by atoms with Gasteiger partial charge in [0.25, 0.3) is 0 Å². The number of hydrogen-bond donors (Lipinski definition) is 0. The minimum Gasteiger partial charge on any atom is -0.303 e. The molecule has 0 aromatic rings. The van der Waals surface area contributed by atoms with E-state index in [9.17, 15) is 4.79 Å². The van der Waals surface area contributed by atoms with Gasteiger partial charge in [-0.1, -0.05) is 26.2 Å². The van der Waals surface area contributed by atoms with Crippen LogP contribution in [0.2, 0.25) is 0 Å². The van der Waals surface area contributed by atoms with E-state index in [2.05, 4.69) is 6.92 Å². The molecule has 0 heterocycles. The largest absolute Gasteiger partial charge is 0.303 e. The summed E-state index contributed by atoms with van der Waals surface area (Å²) in [5.74, 6) is 0. The summed E-state index contributed by atoms with van der Waals surface area (Å²) in [5, 5.41) is 0. The van der Waals surface area contributed by atoms with Crippen molar-refractivity contribution in [3.63, 3.8) is 0 Å². The summed E-state index contributed by atoms with van der Waals surface area (Å²) < 4.78 is 0. The predicted molar refractivity (Wildman–Crippen MR) is 34.8 cm³/mol. The molecular formula is C7H14OVZn. The van der Waals surface area contributed by atoms with E-state index in [0.717, 1.165) is 19.1 Å². The molecule has 0 aromatic heterocycles. The van der Waals surface area contributed by atoms with Crippen molar-refractivity contribution in [2.45, 2.75) is 39.0 Å². The Bertz CT molecular complexity index is 59.6. The van der Waals surface area contributed by atoms with Gasteiger partial charge in [0.05, 0.1) is 0 Å². The van der Waals surface area contributed by atoms with Crippen LogP contribution >= 0.6 is 0 Å². The van der Waals surface area contributed by atoms with Crippen LogP contribution in [0.4, 0.5) is 0 Å². The quantitative estimate of drug-likeness (QED) is 0.402. The van der Waals surface area contributed by atoms with E-state index in [1.807, 2.05) is 0 Å². The Kier molecular flexibility index (Phi) is 28.1. The molecule has 1 radical (unpaired) electrons. The third kappa shape index (κ3) is 15.9. The maximum absolute atomic E-state index is 9.77. The Morgan fingerprint density at radius 1 is 1.20 bits per heavy atom. The van der Waals surface area contributed by atoms with Crippen molar-refractivity contribution < 1.29 is 42.8 Å². The smallest absolute Gasteiger partial charge is 0.119 e. The molecule has 55 valence electrons. The minimum absolute atomic E-state index is 0. The van der Waals surface area contributed by atoms with E-state index in [1.54, 1.807) is 0 Å². The number of rotatable bonds is 5. The van der Waals surface area contributed by atoms with Crippen molar-refractivity contribution in [1.29, 1.82) is 0 Å². The predicted octanol–water partition coefficient (Wildman–Crippen LogP) is 2.15. The topological polar surface area (TPSA) is 17.1 Å². The van der Waals surface area contributed by atoms with Crippen molar-refractivity contribution in [2.75, 3.05) is 0 Å². The van der Waals surface area contributed by atoms with E-state index >= 15 is 0 Å². The molecule has 0 aromatic carbocycles. The van der Waals surface area contributed by atoms with Crippen molar-refractivity contribution in [3.05, 3.63) is 0 Å². The molecule has 3 heteroatoms. The van der Waals surface area contributed by atoms with E-state index in [0.29, 0.717) is 0 Å². The second kappa shape index (κ2) is 16.5. The fraction of sp³-hybridized carbons (Fsp3) is 0.857. The second-order valence-corrected chi connectivity index (χ2v) is 2.02. The molecule has 0 bridgehead atoms. The first-order valence-corrected chi connectivity index (χ1v) is 3.35. The van der Waals surface area contributed by atoms with Crippen molar-refractivity contribution in [2.24, 2.45) is 0 Å². The Labute approximate surface area is 88.0 Å². The molecule has 0 N–H and O–H groups in total. The van der Waals surface area contributed by atoms with E-state index in [1.165, 1.54) is 19.3 Å². The molecular weight excluding hydrogens is 216 g/mol. The number of carbonyl (C=O) groups excluding carboxylic acids is 1. The number of aldehydes is 1. The molecule has 1 nitrogen and oxygen atoms in total. The van der Waals surface area contributed by atoms with Gasteiger partial charge >= 0.3 is 0 Å². The summed E-state index contributed by atoms with van der Waals surface area (Å²) in [6.07, 6.45) is 6.56. The van der Waals surface area contributed by atoms with Crippen LogP contribution in [0.1, 0.15) is 39.0 Å². The number of hydrogen-bond acceptors (Lipinski definition) is 1. The van der Waals surface area contributed by atoms with Crippen molar-refractivity contribution in [3.8, 4) is 0 Å². The summed E-state index contributed by atoms with van der Waals surface area (Å²) in [6.45, 7) is 2.17. The van der Waals surface area contributed by atoms with Gasteiger partial charge in [-0.2, -0.15) is 0 Å². The Morgan fingerprint density at radius 2 is 1.80 bits per heavy atom. The summed E-state index contributed by atoms with van der Waals surface area (Å²) >= 11 is 0. The van der Waals surface area contributed by atoms with E-state index in [-0.39, 0.29) is 38.0 Å². The Morgan fingerprint density at radius 3 is 2.20 bits per heavy atom. The molecule has 0 atom stereocenters. The van der Waals surface area contributed by atoms with Gasteiger partial charge in [-0.15, -0.1) is 0 Å². The number of carbonyl (C=O) groups is 1. The van der Waals surface area contributed by atoms with Crippen molar-refractivity contribution >= 4 is 6.29 Å². The van der Waals surface area contributed by atoms with Crippen LogP contribution in [0, 0.1) is 0 Å². The standard InChI is InChI=1S/C7H14O.V.Zn/c1-2-3-4-5-6-7-8;;/h7H,2-6H2,1H3;;. The zero-order valence-electron chi connectivity index (χ0n) is 6.68. The fourth-order valence-corrected chi connectivity index (χ4v) is 0.654. The molecule has 0 unspecified atom stereocenters. The molecule has 0 aliphatic carbocycles.